The van der Waals surface area contributed by atoms with E-state index in [1.54, 1.807) is 23.1 Å². The molecule has 182 valence electrons. The van der Waals surface area contributed by atoms with E-state index in [0.29, 0.717) is 48.2 Å². The van der Waals surface area contributed by atoms with Crippen LogP contribution in [0.25, 0.3) is 6.08 Å². The number of carbonyl (C=O) groups excluding carboxylic acids is 2. The van der Waals surface area contributed by atoms with Gasteiger partial charge in [-0.1, -0.05) is 29.3 Å². The van der Waals surface area contributed by atoms with Gasteiger partial charge in [-0.3, -0.25) is 14.5 Å². The van der Waals surface area contributed by atoms with E-state index in [1.807, 2.05) is 11.0 Å². The first kappa shape index (κ1) is 26.0. The van der Waals surface area contributed by atoms with E-state index in [9.17, 15) is 9.59 Å². The highest BCUT2D eigenvalue weighted by molar-refractivity contribution is 6.42. The van der Waals surface area contributed by atoms with Gasteiger partial charge in [-0.05, 0) is 57.5 Å². The lowest BCUT2D eigenvalue weighted by atomic mass is 10.1. The van der Waals surface area contributed by atoms with Crippen LogP contribution in [0.5, 0.6) is 0 Å². The van der Waals surface area contributed by atoms with Crippen molar-refractivity contribution in [2.45, 2.75) is 45.7 Å². The maximum Gasteiger partial charge on any atom is 0.246 e. The third-order valence-corrected chi connectivity index (χ3v) is 7.33. The van der Waals surface area contributed by atoms with E-state index < -0.39 is 0 Å². The zero-order valence-corrected chi connectivity index (χ0v) is 21.5. The van der Waals surface area contributed by atoms with Crippen LogP contribution in [-0.4, -0.2) is 95.9 Å². The molecule has 2 aliphatic heterocycles. The molecular weight excluding hydrogens is 459 g/mol. The quantitative estimate of drug-likeness (QED) is 0.539. The lowest BCUT2D eigenvalue weighted by molar-refractivity contribution is -0.130. The lowest BCUT2D eigenvalue weighted by Gasteiger charge is -2.42. The third-order valence-electron chi connectivity index (χ3n) is 6.59. The van der Waals surface area contributed by atoms with Gasteiger partial charge in [-0.2, -0.15) is 0 Å². The van der Waals surface area contributed by atoms with Gasteiger partial charge in [0.05, 0.1) is 10.0 Å². The molecule has 1 aromatic carbocycles. The van der Waals surface area contributed by atoms with Crippen LogP contribution in [0.2, 0.25) is 10.0 Å². The molecule has 2 aliphatic rings. The van der Waals surface area contributed by atoms with Crippen LogP contribution in [0, 0.1) is 0 Å². The van der Waals surface area contributed by atoms with Crippen molar-refractivity contribution in [1.29, 1.82) is 0 Å². The molecule has 0 bridgehead atoms. The normalized spacial score (nSPS) is 21.3. The zero-order chi connectivity index (χ0) is 24.0. The molecule has 33 heavy (non-hydrogen) atoms. The van der Waals surface area contributed by atoms with Crippen molar-refractivity contribution in [3.63, 3.8) is 0 Å². The smallest absolute Gasteiger partial charge is 0.246 e. The number of halogens is 2. The first-order valence-electron chi connectivity index (χ1n) is 11.9. The number of hydrogen-bond donors (Lipinski definition) is 0. The summed E-state index contributed by atoms with van der Waals surface area (Å²) in [7, 11) is 0. The van der Waals surface area contributed by atoms with Gasteiger partial charge in [-0.15, -0.1) is 0 Å². The van der Waals surface area contributed by atoms with Gasteiger partial charge in [0.25, 0.3) is 0 Å². The fraction of sp³-hybridized carbons (Fsp3) is 0.600. The summed E-state index contributed by atoms with van der Waals surface area (Å²) in [4.78, 5) is 34.0. The van der Waals surface area contributed by atoms with Crippen LogP contribution in [0.1, 0.15) is 39.2 Å². The first-order chi connectivity index (χ1) is 15.7. The Morgan fingerprint density at radius 1 is 1.09 bits per heavy atom. The monoisotopic (exact) mass is 494 g/mol. The summed E-state index contributed by atoms with van der Waals surface area (Å²) in [6, 6.07) is 6.40. The first-order valence-corrected chi connectivity index (χ1v) is 12.7. The fourth-order valence-electron chi connectivity index (χ4n) is 4.72. The molecule has 0 aromatic heterocycles. The molecule has 1 aromatic rings. The Kier molecular flexibility index (Phi) is 9.62. The molecule has 0 spiro atoms. The highest BCUT2D eigenvalue weighted by Crippen LogP contribution is 2.23. The topological polar surface area (TPSA) is 47.1 Å². The van der Waals surface area contributed by atoms with Gasteiger partial charge in [0.15, 0.2) is 0 Å². The Balaban J connectivity index is 1.44. The summed E-state index contributed by atoms with van der Waals surface area (Å²) in [5.41, 5.74) is 0.814. The molecule has 0 aliphatic carbocycles. The fourth-order valence-corrected chi connectivity index (χ4v) is 5.02. The molecule has 6 nitrogen and oxygen atoms in total. The zero-order valence-electron chi connectivity index (χ0n) is 20.0. The van der Waals surface area contributed by atoms with E-state index in [-0.39, 0.29) is 11.8 Å². The van der Waals surface area contributed by atoms with E-state index in [4.69, 9.17) is 23.2 Å². The molecule has 1 unspecified atom stereocenters. The second-order valence-corrected chi connectivity index (χ2v) is 10.1. The van der Waals surface area contributed by atoms with E-state index in [1.165, 1.54) is 6.08 Å². The minimum Gasteiger partial charge on any atom is -0.341 e. The van der Waals surface area contributed by atoms with Crippen LogP contribution in [0.15, 0.2) is 24.3 Å². The van der Waals surface area contributed by atoms with Crippen molar-refractivity contribution in [3.8, 4) is 0 Å². The van der Waals surface area contributed by atoms with Crippen LogP contribution < -0.4 is 0 Å². The van der Waals surface area contributed by atoms with Gasteiger partial charge in [0, 0.05) is 70.4 Å². The largest absolute Gasteiger partial charge is 0.341 e. The SMILES string of the molecule is CC(C)N1CCN(CCCN2CCN(C(=O)/C=C/c3ccc(Cl)c(Cl)c3)CCC2=O)CC1C. The maximum absolute atomic E-state index is 12.7. The molecule has 0 saturated carbocycles. The Hall–Kier alpha value is -1.60. The summed E-state index contributed by atoms with van der Waals surface area (Å²) in [5.74, 6) is 0.0458. The number of nitrogens with zero attached hydrogens (tertiary/aromatic N) is 4. The van der Waals surface area contributed by atoms with Crippen molar-refractivity contribution in [2.24, 2.45) is 0 Å². The van der Waals surface area contributed by atoms with E-state index in [0.717, 1.165) is 44.7 Å². The number of benzene rings is 1. The number of rotatable bonds is 7. The van der Waals surface area contributed by atoms with Crippen LogP contribution in [0.4, 0.5) is 0 Å². The number of carbonyl (C=O) groups is 2. The van der Waals surface area contributed by atoms with Crippen LogP contribution in [-0.2, 0) is 9.59 Å². The molecular formula is C25H36Cl2N4O2. The molecule has 2 fully saturated rings. The Labute approximate surface area is 208 Å². The Morgan fingerprint density at radius 3 is 2.58 bits per heavy atom. The summed E-state index contributed by atoms with van der Waals surface area (Å²) in [5, 5.41) is 0.942. The van der Waals surface area contributed by atoms with E-state index in [2.05, 4.69) is 30.6 Å². The summed E-state index contributed by atoms with van der Waals surface area (Å²) < 4.78 is 0. The predicted molar refractivity (Wildman–Crippen MR) is 136 cm³/mol. The summed E-state index contributed by atoms with van der Waals surface area (Å²) in [6.45, 7) is 13.4. The number of piperazine rings is 1. The molecule has 2 saturated heterocycles. The predicted octanol–water partition coefficient (Wildman–Crippen LogP) is 3.87. The Bertz CT molecular complexity index is 861. The second-order valence-electron chi connectivity index (χ2n) is 9.30. The molecule has 0 N–H and O–H groups in total. The third kappa shape index (κ3) is 7.44. The van der Waals surface area contributed by atoms with Gasteiger partial charge >= 0.3 is 0 Å². The summed E-state index contributed by atoms with van der Waals surface area (Å²) in [6.07, 6.45) is 4.61. The highest BCUT2D eigenvalue weighted by Gasteiger charge is 2.26. The molecule has 8 heteroatoms. The average Bonchev–Trinajstić information content (AvgIpc) is 2.96. The van der Waals surface area contributed by atoms with E-state index >= 15 is 0 Å². The number of hydrogen-bond acceptors (Lipinski definition) is 4. The minimum atomic E-state index is -0.0901. The second kappa shape index (κ2) is 12.2. The van der Waals surface area contributed by atoms with Gasteiger partial charge in [0.1, 0.15) is 0 Å². The van der Waals surface area contributed by atoms with Crippen molar-refractivity contribution < 1.29 is 9.59 Å². The Morgan fingerprint density at radius 2 is 1.88 bits per heavy atom. The molecule has 1 atom stereocenters. The standard InChI is InChI=1S/C25H36Cl2N4O2/c1-19(2)31-16-13-28(18-20(31)3)10-4-11-29-14-15-30(12-9-25(29)33)24(32)8-6-21-5-7-22(26)23(27)17-21/h5-8,17,19-20H,4,9-16,18H2,1-3H3/b8-6+. The molecule has 2 amide bonds. The van der Waals surface area contributed by atoms with Gasteiger partial charge in [0.2, 0.25) is 11.8 Å². The minimum absolute atomic E-state index is 0.0901. The van der Waals surface area contributed by atoms with Crippen molar-refractivity contribution >= 4 is 41.1 Å². The molecule has 2 heterocycles. The highest BCUT2D eigenvalue weighted by atomic mass is 35.5. The van der Waals surface area contributed by atoms with Gasteiger partial charge < -0.3 is 14.7 Å². The maximum atomic E-state index is 12.7. The van der Waals surface area contributed by atoms with Crippen molar-refractivity contribution in [3.05, 3.63) is 39.9 Å². The van der Waals surface area contributed by atoms with Crippen molar-refractivity contribution in [1.82, 2.24) is 19.6 Å². The van der Waals surface area contributed by atoms with Crippen molar-refractivity contribution in [2.75, 3.05) is 52.4 Å². The molecule has 0 radical (unpaired) electrons. The number of amides is 2. The lowest BCUT2D eigenvalue weighted by Crippen LogP contribution is -2.54. The summed E-state index contributed by atoms with van der Waals surface area (Å²) >= 11 is 12.0. The molecule has 3 rings (SSSR count). The van der Waals surface area contributed by atoms with Gasteiger partial charge in [-0.25, -0.2) is 0 Å². The average molecular weight is 495 g/mol. The van der Waals surface area contributed by atoms with Crippen LogP contribution >= 0.6 is 23.2 Å². The van der Waals surface area contributed by atoms with Crippen LogP contribution in [0.3, 0.4) is 0 Å².